The summed E-state index contributed by atoms with van der Waals surface area (Å²) < 4.78 is 13.9. The number of ketones is 1. The van der Waals surface area contributed by atoms with Gasteiger partial charge in [0.2, 0.25) is 0 Å². The van der Waals surface area contributed by atoms with Gasteiger partial charge in [-0.05, 0) is 64.6 Å². The van der Waals surface area contributed by atoms with Gasteiger partial charge in [0.15, 0.2) is 0 Å². The highest BCUT2D eigenvalue weighted by molar-refractivity contribution is 14.1. The van der Waals surface area contributed by atoms with Crippen molar-refractivity contribution >= 4 is 40.1 Å². The molecular formula is C15H12FIOS. The van der Waals surface area contributed by atoms with Gasteiger partial charge in [-0.25, -0.2) is 4.39 Å². The molecule has 2 rings (SSSR count). The Balaban J connectivity index is 1.84. The lowest BCUT2D eigenvalue weighted by Crippen LogP contribution is -2.05. The Bertz CT molecular complexity index is 551. The number of halogens is 2. The summed E-state index contributed by atoms with van der Waals surface area (Å²) in [6, 6.07) is 14.1. The Labute approximate surface area is 129 Å². The highest BCUT2D eigenvalue weighted by Crippen LogP contribution is 2.18. The number of Topliss-reactive ketones (excluding diaryl/α,β-unsaturated/α-hetero) is 1. The molecule has 0 radical (unpaired) electrons. The van der Waals surface area contributed by atoms with Crippen LogP contribution in [0.15, 0.2) is 53.4 Å². The van der Waals surface area contributed by atoms with Crippen LogP contribution in [0.4, 0.5) is 4.39 Å². The quantitative estimate of drug-likeness (QED) is 0.562. The lowest BCUT2D eigenvalue weighted by atomic mass is 10.1. The molecule has 2 aromatic rings. The summed E-state index contributed by atoms with van der Waals surface area (Å²) >= 11 is 3.68. The van der Waals surface area contributed by atoms with Gasteiger partial charge in [-0.1, -0.05) is 12.1 Å². The molecule has 0 saturated carbocycles. The highest BCUT2D eigenvalue weighted by Gasteiger charge is 2.05. The molecule has 0 aliphatic heterocycles. The van der Waals surface area contributed by atoms with E-state index in [1.165, 1.54) is 23.9 Å². The van der Waals surface area contributed by atoms with Crippen LogP contribution in [-0.4, -0.2) is 11.5 Å². The number of rotatable bonds is 5. The molecule has 0 unspecified atom stereocenters. The van der Waals surface area contributed by atoms with Crippen molar-refractivity contribution in [1.82, 2.24) is 0 Å². The van der Waals surface area contributed by atoms with E-state index in [1.54, 1.807) is 12.1 Å². The standard InChI is InChI=1S/C15H12FIOS/c16-12-3-7-15(8-4-12)19-10-14(18)9-11-1-5-13(17)6-2-11/h1-8H,9-10H2. The number of carbonyl (C=O) groups is 1. The van der Waals surface area contributed by atoms with Crippen molar-refractivity contribution < 1.29 is 9.18 Å². The molecule has 1 nitrogen and oxygen atoms in total. The summed E-state index contributed by atoms with van der Waals surface area (Å²) in [7, 11) is 0. The van der Waals surface area contributed by atoms with Gasteiger partial charge in [0.1, 0.15) is 11.6 Å². The van der Waals surface area contributed by atoms with E-state index in [9.17, 15) is 9.18 Å². The zero-order valence-electron chi connectivity index (χ0n) is 10.1. The first kappa shape index (κ1) is 14.5. The molecule has 0 heterocycles. The molecule has 4 heteroatoms. The Hall–Kier alpha value is -0.880. The maximum atomic E-state index is 12.7. The maximum absolute atomic E-state index is 12.7. The molecule has 0 aliphatic rings. The van der Waals surface area contributed by atoms with Crippen molar-refractivity contribution in [3.05, 3.63) is 63.5 Å². The summed E-state index contributed by atoms with van der Waals surface area (Å²) in [6.45, 7) is 0. The minimum absolute atomic E-state index is 0.176. The second-order valence-corrected chi connectivity index (χ2v) is 6.38. The van der Waals surface area contributed by atoms with Crippen LogP contribution >= 0.6 is 34.4 Å². The fourth-order valence-corrected chi connectivity index (χ4v) is 2.69. The van der Waals surface area contributed by atoms with Gasteiger partial charge < -0.3 is 0 Å². The van der Waals surface area contributed by atoms with Gasteiger partial charge in [0, 0.05) is 14.9 Å². The number of carbonyl (C=O) groups excluding carboxylic acids is 1. The van der Waals surface area contributed by atoms with Gasteiger partial charge in [-0.2, -0.15) is 0 Å². The minimum Gasteiger partial charge on any atom is -0.298 e. The SMILES string of the molecule is O=C(CSc1ccc(F)cc1)Cc1ccc(I)cc1. The molecule has 0 aromatic heterocycles. The molecule has 98 valence electrons. The van der Waals surface area contributed by atoms with Crippen LogP contribution < -0.4 is 0 Å². The average Bonchev–Trinajstić information content (AvgIpc) is 2.41. The second kappa shape index (κ2) is 7.05. The predicted octanol–water partition coefficient (Wildman–Crippen LogP) is 4.33. The second-order valence-electron chi connectivity index (χ2n) is 4.08. The average molecular weight is 386 g/mol. The monoisotopic (exact) mass is 386 g/mol. The molecule has 0 aliphatic carbocycles. The van der Waals surface area contributed by atoms with Crippen LogP contribution in [0.2, 0.25) is 0 Å². The molecule has 0 bridgehead atoms. The topological polar surface area (TPSA) is 17.1 Å². The first-order chi connectivity index (χ1) is 9.13. The molecule has 2 aromatic carbocycles. The normalized spacial score (nSPS) is 10.4. The number of benzene rings is 2. The third-order valence-electron chi connectivity index (χ3n) is 2.53. The molecule has 0 N–H and O–H groups in total. The molecule has 0 saturated heterocycles. The predicted molar refractivity (Wildman–Crippen MR) is 85.0 cm³/mol. The molecular weight excluding hydrogens is 374 g/mol. The first-order valence-corrected chi connectivity index (χ1v) is 7.84. The van der Waals surface area contributed by atoms with Gasteiger partial charge in [-0.15, -0.1) is 11.8 Å². The van der Waals surface area contributed by atoms with Crippen molar-refractivity contribution in [2.75, 3.05) is 5.75 Å². The highest BCUT2D eigenvalue weighted by atomic mass is 127. The van der Waals surface area contributed by atoms with E-state index in [2.05, 4.69) is 22.6 Å². The van der Waals surface area contributed by atoms with E-state index in [0.29, 0.717) is 12.2 Å². The fraction of sp³-hybridized carbons (Fsp3) is 0.133. The molecule has 0 spiro atoms. The van der Waals surface area contributed by atoms with Gasteiger partial charge in [-0.3, -0.25) is 4.79 Å². The Morgan fingerprint density at radius 1 is 1.05 bits per heavy atom. The van der Waals surface area contributed by atoms with Crippen molar-refractivity contribution in [3.63, 3.8) is 0 Å². The van der Waals surface area contributed by atoms with Crippen LogP contribution in [-0.2, 0) is 11.2 Å². The van der Waals surface area contributed by atoms with Crippen molar-refractivity contribution in [1.29, 1.82) is 0 Å². The van der Waals surface area contributed by atoms with Crippen LogP contribution in [0.3, 0.4) is 0 Å². The van der Waals surface area contributed by atoms with Crippen LogP contribution in [0.1, 0.15) is 5.56 Å². The van der Waals surface area contributed by atoms with Gasteiger partial charge in [0.05, 0.1) is 5.75 Å². The van der Waals surface area contributed by atoms with Crippen LogP contribution in [0, 0.1) is 9.39 Å². The van der Waals surface area contributed by atoms with Crippen molar-refractivity contribution in [2.24, 2.45) is 0 Å². The summed E-state index contributed by atoms with van der Waals surface area (Å²) in [6.07, 6.45) is 0.450. The number of hydrogen-bond donors (Lipinski definition) is 0. The summed E-state index contributed by atoms with van der Waals surface area (Å²) in [5.41, 5.74) is 1.03. The van der Waals surface area contributed by atoms with Crippen molar-refractivity contribution in [2.45, 2.75) is 11.3 Å². The number of hydrogen-bond acceptors (Lipinski definition) is 2. The molecule has 0 atom stereocenters. The van der Waals surface area contributed by atoms with E-state index >= 15 is 0 Å². The lowest BCUT2D eigenvalue weighted by Gasteiger charge is -2.02. The number of thioether (sulfide) groups is 1. The van der Waals surface area contributed by atoms with Gasteiger partial charge in [0.25, 0.3) is 0 Å². The van der Waals surface area contributed by atoms with E-state index < -0.39 is 0 Å². The van der Waals surface area contributed by atoms with E-state index in [-0.39, 0.29) is 11.6 Å². The summed E-state index contributed by atoms with van der Waals surface area (Å²) in [4.78, 5) is 12.8. The summed E-state index contributed by atoms with van der Waals surface area (Å²) in [5.74, 6) is 0.336. The lowest BCUT2D eigenvalue weighted by molar-refractivity contribution is -0.116. The third kappa shape index (κ3) is 4.95. The molecule has 0 fully saturated rings. The van der Waals surface area contributed by atoms with E-state index in [4.69, 9.17) is 0 Å². The molecule has 19 heavy (non-hydrogen) atoms. The largest absolute Gasteiger partial charge is 0.298 e. The van der Waals surface area contributed by atoms with Crippen molar-refractivity contribution in [3.8, 4) is 0 Å². The van der Waals surface area contributed by atoms with E-state index in [1.807, 2.05) is 24.3 Å². The van der Waals surface area contributed by atoms with Crippen LogP contribution in [0.25, 0.3) is 0 Å². The Kier molecular flexibility index (Phi) is 5.39. The molecule has 0 amide bonds. The van der Waals surface area contributed by atoms with Gasteiger partial charge >= 0.3 is 0 Å². The van der Waals surface area contributed by atoms with Crippen LogP contribution in [0.5, 0.6) is 0 Å². The Morgan fingerprint density at radius 3 is 2.32 bits per heavy atom. The summed E-state index contributed by atoms with van der Waals surface area (Å²) in [5, 5.41) is 0. The fourth-order valence-electron chi connectivity index (χ4n) is 1.58. The third-order valence-corrected chi connectivity index (χ3v) is 4.32. The zero-order chi connectivity index (χ0) is 13.7. The zero-order valence-corrected chi connectivity index (χ0v) is 13.1. The van der Waals surface area contributed by atoms with E-state index in [0.717, 1.165) is 14.0 Å². The smallest absolute Gasteiger partial charge is 0.147 e. The minimum atomic E-state index is -0.255. The first-order valence-electron chi connectivity index (χ1n) is 5.78. The Morgan fingerprint density at radius 2 is 1.68 bits per heavy atom. The maximum Gasteiger partial charge on any atom is 0.147 e.